The first kappa shape index (κ1) is 12.2. The summed E-state index contributed by atoms with van der Waals surface area (Å²) >= 11 is 2.28. The van der Waals surface area contributed by atoms with Crippen molar-refractivity contribution in [2.45, 2.75) is 0 Å². The quantitative estimate of drug-likeness (QED) is 0.753. The van der Waals surface area contributed by atoms with E-state index in [2.05, 4.69) is 40.8 Å². The summed E-state index contributed by atoms with van der Waals surface area (Å²) in [4.78, 5) is 0. The molecular weight excluding hydrogens is 323 g/mol. The highest BCUT2D eigenvalue weighted by Gasteiger charge is 1.91. The molecule has 0 spiro atoms. The lowest BCUT2D eigenvalue weighted by atomic mass is 10.2. The summed E-state index contributed by atoms with van der Waals surface area (Å²) in [5.74, 6) is 0.906. The van der Waals surface area contributed by atoms with Crippen molar-refractivity contribution in [2.75, 3.05) is 6.61 Å². The SMILES string of the molecule is Ic1ccc(OCC=Cc2ccccc2)cc1. The monoisotopic (exact) mass is 336 g/mol. The molecule has 2 aromatic rings. The summed E-state index contributed by atoms with van der Waals surface area (Å²) in [6.45, 7) is 0.593. The Morgan fingerprint density at radius 2 is 1.65 bits per heavy atom. The van der Waals surface area contributed by atoms with Gasteiger partial charge in [-0.2, -0.15) is 0 Å². The molecule has 2 aromatic carbocycles. The van der Waals surface area contributed by atoms with Crippen LogP contribution in [0.15, 0.2) is 60.7 Å². The number of rotatable bonds is 4. The summed E-state index contributed by atoms with van der Waals surface area (Å²) in [5.41, 5.74) is 1.19. The zero-order valence-electron chi connectivity index (χ0n) is 9.34. The van der Waals surface area contributed by atoms with Crippen LogP contribution in [0.25, 0.3) is 6.08 Å². The van der Waals surface area contributed by atoms with Crippen molar-refractivity contribution in [2.24, 2.45) is 0 Å². The zero-order chi connectivity index (χ0) is 11.9. The third-order valence-electron chi connectivity index (χ3n) is 2.27. The minimum absolute atomic E-state index is 0.593. The van der Waals surface area contributed by atoms with E-state index in [4.69, 9.17) is 4.74 Å². The minimum Gasteiger partial charge on any atom is -0.490 e. The van der Waals surface area contributed by atoms with Gasteiger partial charge in [0.15, 0.2) is 0 Å². The van der Waals surface area contributed by atoms with Gasteiger partial charge in [-0.25, -0.2) is 0 Å². The molecule has 0 aliphatic carbocycles. The van der Waals surface area contributed by atoms with Crippen molar-refractivity contribution < 1.29 is 4.74 Å². The van der Waals surface area contributed by atoms with Gasteiger partial charge in [0, 0.05) is 3.57 Å². The molecule has 0 radical (unpaired) electrons. The second kappa shape index (κ2) is 6.45. The van der Waals surface area contributed by atoms with Gasteiger partial charge in [-0.15, -0.1) is 0 Å². The Balaban J connectivity index is 1.84. The zero-order valence-corrected chi connectivity index (χ0v) is 11.5. The molecule has 0 aromatic heterocycles. The van der Waals surface area contributed by atoms with Gasteiger partial charge in [0.2, 0.25) is 0 Å². The van der Waals surface area contributed by atoms with Crippen molar-refractivity contribution >= 4 is 28.7 Å². The fourth-order valence-corrected chi connectivity index (χ4v) is 1.78. The lowest BCUT2D eigenvalue weighted by Crippen LogP contribution is -1.92. The lowest BCUT2D eigenvalue weighted by Gasteiger charge is -2.02. The van der Waals surface area contributed by atoms with Crippen LogP contribution in [0.3, 0.4) is 0 Å². The van der Waals surface area contributed by atoms with Gasteiger partial charge in [0.1, 0.15) is 12.4 Å². The van der Waals surface area contributed by atoms with Crippen LogP contribution in [0.2, 0.25) is 0 Å². The Kier molecular flexibility index (Phi) is 4.62. The largest absolute Gasteiger partial charge is 0.490 e. The van der Waals surface area contributed by atoms with Crippen LogP contribution >= 0.6 is 22.6 Å². The molecule has 0 unspecified atom stereocenters. The fourth-order valence-electron chi connectivity index (χ4n) is 1.42. The lowest BCUT2D eigenvalue weighted by molar-refractivity contribution is 0.363. The number of ether oxygens (including phenoxy) is 1. The average molecular weight is 336 g/mol. The van der Waals surface area contributed by atoms with E-state index in [0.717, 1.165) is 5.75 Å². The molecule has 17 heavy (non-hydrogen) atoms. The van der Waals surface area contributed by atoms with Crippen LogP contribution in [0.1, 0.15) is 5.56 Å². The Labute approximate surface area is 115 Å². The van der Waals surface area contributed by atoms with Crippen LogP contribution in [-0.2, 0) is 0 Å². The van der Waals surface area contributed by atoms with Crippen molar-refractivity contribution in [3.8, 4) is 5.75 Å². The Morgan fingerprint density at radius 3 is 2.35 bits per heavy atom. The molecule has 86 valence electrons. The molecule has 0 amide bonds. The summed E-state index contributed by atoms with van der Waals surface area (Å²) in [6, 6.07) is 18.3. The van der Waals surface area contributed by atoms with E-state index in [-0.39, 0.29) is 0 Å². The smallest absolute Gasteiger partial charge is 0.119 e. The van der Waals surface area contributed by atoms with Crippen molar-refractivity contribution in [3.63, 3.8) is 0 Å². The molecule has 0 heterocycles. The second-order valence-corrected chi connectivity index (χ2v) is 4.82. The summed E-state index contributed by atoms with van der Waals surface area (Å²) in [6.07, 6.45) is 4.08. The fraction of sp³-hybridized carbons (Fsp3) is 0.0667. The molecule has 0 aliphatic heterocycles. The summed E-state index contributed by atoms with van der Waals surface area (Å²) in [5, 5.41) is 0. The molecule has 2 rings (SSSR count). The van der Waals surface area contributed by atoms with E-state index in [1.54, 1.807) is 0 Å². The normalized spacial score (nSPS) is 10.6. The maximum atomic E-state index is 5.59. The molecule has 0 bridgehead atoms. The highest BCUT2D eigenvalue weighted by molar-refractivity contribution is 14.1. The Bertz CT molecular complexity index is 474. The molecular formula is C15H13IO. The molecule has 0 N–H and O–H groups in total. The molecule has 2 heteroatoms. The molecule has 0 saturated heterocycles. The van der Waals surface area contributed by atoms with Gasteiger partial charge in [-0.1, -0.05) is 36.4 Å². The maximum Gasteiger partial charge on any atom is 0.119 e. The predicted octanol–water partition coefficient (Wildman–Crippen LogP) is 4.38. The topological polar surface area (TPSA) is 9.23 Å². The third kappa shape index (κ3) is 4.23. The van der Waals surface area contributed by atoms with Gasteiger partial charge in [0.25, 0.3) is 0 Å². The molecule has 0 saturated carbocycles. The Morgan fingerprint density at radius 1 is 0.941 bits per heavy atom. The van der Waals surface area contributed by atoms with Gasteiger partial charge in [0.05, 0.1) is 0 Å². The van der Waals surface area contributed by atoms with Gasteiger partial charge in [-0.05, 0) is 58.5 Å². The van der Waals surface area contributed by atoms with E-state index >= 15 is 0 Å². The van der Waals surface area contributed by atoms with E-state index in [1.807, 2.05) is 48.5 Å². The number of halogens is 1. The standard InChI is InChI=1S/C15H13IO/c16-14-8-10-15(11-9-14)17-12-4-7-13-5-2-1-3-6-13/h1-11H,12H2. The number of hydrogen-bond donors (Lipinski definition) is 0. The highest BCUT2D eigenvalue weighted by atomic mass is 127. The number of benzene rings is 2. The summed E-state index contributed by atoms with van der Waals surface area (Å²) < 4.78 is 6.81. The first-order valence-electron chi connectivity index (χ1n) is 5.44. The molecule has 0 aliphatic rings. The highest BCUT2D eigenvalue weighted by Crippen LogP contribution is 2.13. The van der Waals surface area contributed by atoms with Crippen LogP contribution in [0, 0.1) is 3.57 Å². The van der Waals surface area contributed by atoms with Crippen LogP contribution in [0.4, 0.5) is 0 Å². The summed E-state index contributed by atoms with van der Waals surface area (Å²) in [7, 11) is 0. The molecule has 1 nitrogen and oxygen atoms in total. The molecule has 0 fully saturated rings. The van der Waals surface area contributed by atoms with Crippen LogP contribution in [-0.4, -0.2) is 6.61 Å². The predicted molar refractivity (Wildman–Crippen MR) is 80.1 cm³/mol. The van der Waals surface area contributed by atoms with E-state index in [0.29, 0.717) is 6.61 Å². The third-order valence-corrected chi connectivity index (χ3v) is 2.99. The Hall–Kier alpha value is -1.29. The van der Waals surface area contributed by atoms with Crippen LogP contribution < -0.4 is 4.74 Å². The number of hydrogen-bond acceptors (Lipinski definition) is 1. The van der Waals surface area contributed by atoms with Crippen molar-refractivity contribution in [1.82, 2.24) is 0 Å². The maximum absolute atomic E-state index is 5.59. The van der Waals surface area contributed by atoms with Gasteiger partial charge in [-0.3, -0.25) is 0 Å². The van der Waals surface area contributed by atoms with Crippen molar-refractivity contribution in [1.29, 1.82) is 0 Å². The van der Waals surface area contributed by atoms with E-state index in [9.17, 15) is 0 Å². The van der Waals surface area contributed by atoms with Crippen molar-refractivity contribution in [3.05, 3.63) is 69.8 Å². The first-order valence-corrected chi connectivity index (χ1v) is 6.52. The van der Waals surface area contributed by atoms with Gasteiger partial charge < -0.3 is 4.74 Å². The minimum atomic E-state index is 0.593. The van der Waals surface area contributed by atoms with Crippen LogP contribution in [0.5, 0.6) is 5.75 Å². The van der Waals surface area contributed by atoms with E-state index in [1.165, 1.54) is 9.13 Å². The van der Waals surface area contributed by atoms with Gasteiger partial charge >= 0.3 is 0 Å². The second-order valence-electron chi connectivity index (χ2n) is 3.58. The average Bonchev–Trinajstić information content (AvgIpc) is 2.38. The van der Waals surface area contributed by atoms with E-state index < -0.39 is 0 Å². The molecule has 0 atom stereocenters. The first-order chi connectivity index (χ1) is 8.34.